The van der Waals surface area contributed by atoms with E-state index in [4.69, 9.17) is 9.47 Å². The van der Waals surface area contributed by atoms with Crippen LogP contribution in [-0.4, -0.2) is 44.6 Å². The summed E-state index contributed by atoms with van der Waals surface area (Å²) >= 11 is 0. The van der Waals surface area contributed by atoms with Gasteiger partial charge in [0.05, 0.1) is 13.0 Å². The summed E-state index contributed by atoms with van der Waals surface area (Å²) in [5, 5.41) is 2.74. The fourth-order valence-corrected chi connectivity index (χ4v) is 3.72. The number of nitrogens with one attached hydrogen (secondary N) is 1. The number of carbonyl (C=O) groups excluding carboxylic acids is 3. The highest BCUT2D eigenvalue weighted by molar-refractivity contribution is 6.00. The van der Waals surface area contributed by atoms with Crippen LogP contribution < -0.4 is 15.0 Å². The number of methoxy groups -OCH3 is 1. The van der Waals surface area contributed by atoms with E-state index < -0.39 is 11.9 Å². The van der Waals surface area contributed by atoms with E-state index in [1.165, 1.54) is 0 Å². The summed E-state index contributed by atoms with van der Waals surface area (Å²) in [6.45, 7) is 2.34. The zero-order valence-corrected chi connectivity index (χ0v) is 17.9. The predicted molar refractivity (Wildman–Crippen MR) is 117 cm³/mol. The van der Waals surface area contributed by atoms with Gasteiger partial charge in [0, 0.05) is 25.2 Å². The van der Waals surface area contributed by atoms with Gasteiger partial charge in [0.15, 0.2) is 6.61 Å². The molecule has 7 nitrogen and oxygen atoms in total. The fourth-order valence-electron chi connectivity index (χ4n) is 3.72. The molecule has 2 aromatic rings. The molecule has 1 aliphatic heterocycles. The number of rotatable bonds is 9. The van der Waals surface area contributed by atoms with Gasteiger partial charge in [-0.1, -0.05) is 43.3 Å². The Morgan fingerprint density at radius 3 is 2.55 bits per heavy atom. The molecule has 1 atom stereocenters. The van der Waals surface area contributed by atoms with Crippen LogP contribution in [0.2, 0.25) is 0 Å². The van der Waals surface area contributed by atoms with Gasteiger partial charge in [0.25, 0.3) is 5.91 Å². The third-order valence-corrected chi connectivity index (χ3v) is 5.38. The van der Waals surface area contributed by atoms with Gasteiger partial charge < -0.3 is 19.7 Å². The first-order valence-corrected chi connectivity index (χ1v) is 10.5. The van der Waals surface area contributed by atoms with E-state index in [1.54, 1.807) is 12.0 Å². The summed E-state index contributed by atoms with van der Waals surface area (Å²) < 4.78 is 10.5. The van der Waals surface area contributed by atoms with Gasteiger partial charge in [0.2, 0.25) is 5.91 Å². The molecule has 1 saturated heterocycles. The van der Waals surface area contributed by atoms with E-state index in [1.807, 2.05) is 55.5 Å². The second kappa shape index (κ2) is 10.6. The van der Waals surface area contributed by atoms with E-state index in [0.717, 1.165) is 29.0 Å². The van der Waals surface area contributed by atoms with E-state index in [2.05, 4.69) is 5.32 Å². The van der Waals surface area contributed by atoms with Crippen LogP contribution in [0.5, 0.6) is 5.75 Å². The maximum atomic E-state index is 12.5. The number of hydrogen-bond donors (Lipinski definition) is 1. The van der Waals surface area contributed by atoms with Gasteiger partial charge in [-0.25, -0.2) is 0 Å². The zero-order chi connectivity index (χ0) is 22.2. The Labute approximate surface area is 182 Å². The lowest BCUT2D eigenvalue weighted by Gasteiger charge is -2.19. The molecule has 1 N–H and O–H groups in total. The molecule has 0 aliphatic carbocycles. The Hall–Kier alpha value is -3.35. The molecule has 1 heterocycles. The summed E-state index contributed by atoms with van der Waals surface area (Å²) in [5.41, 5.74) is 2.87. The number of esters is 1. The molecule has 0 bridgehead atoms. The standard InChI is InChI=1S/C24H28N2O5/c1-3-17-8-4-6-10-20(17)26-15-19(14-23(26)28)24(29)31-16-22(27)25-13-12-18-9-5-7-11-21(18)30-2/h4-11,19H,3,12-16H2,1-2H3,(H,25,27)/t19-/m1/s1. The highest BCUT2D eigenvalue weighted by atomic mass is 16.5. The van der Waals surface area contributed by atoms with Gasteiger partial charge >= 0.3 is 5.97 Å². The average Bonchev–Trinajstić information content (AvgIpc) is 3.19. The van der Waals surface area contributed by atoms with Crippen LogP contribution in [-0.2, 0) is 32.0 Å². The molecule has 3 rings (SSSR count). The van der Waals surface area contributed by atoms with E-state index >= 15 is 0 Å². The summed E-state index contributed by atoms with van der Waals surface area (Å²) in [6.07, 6.45) is 1.49. The molecule has 0 aromatic heterocycles. The quantitative estimate of drug-likeness (QED) is 0.626. The smallest absolute Gasteiger partial charge is 0.311 e. The van der Waals surface area contributed by atoms with Gasteiger partial charge in [-0.3, -0.25) is 14.4 Å². The molecule has 1 aliphatic rings. The lowest BCUT2D eigenvalue weighted by molar-refractivity contribution is -0.152. The van der Waals surface area contributed by atoms with Crippen LogP contribution in [0.25, 0.3) is 0 Å². The number of ether oxygens (including phenoxy) is 2. The van der Waals surface area contributed by atoms with Crippen molar-refractivity contribution in [2.24, 2.45) is 5.92 Å². The van der Waals surface area contributed by atoms with Crippen molar-refractivity contribution < 1.29 is 23.9 Å². The molecule has 7 heteroatoms. The Bertz CT molecular complexity index is 943. The third kappa shape index (κ3) is 5.63. The van der Waals surface area contributed by atoms with Crippen molar-refractivity contribution in [3.05, 3.63) is 59.7 Å². The van der Waals surface area contributed by atoms with Crippen LogP contribution in [0.3, 0.4) is 0 Å². The highest BCUT2D eigenvalue weighted by Crippen LogP contribution is 2.29. The Morgan fingerprint density at radius 2 is 1.81 bits per heavy atom. The largest absolute Gasteiger partial charge is 0.496 e. The summed E-state index contributed by atoms with van der Waals surface area (Å²) in [5.74, 6) is -0.809. The number of benzene rings is 2. The maximum absolute atomic E-state index is 12.5. The predicted octanol–water partition coefficient (Wildman–Crippen LogP) is 2.51. The molecule has 164 valence electrons. The van der Waals surface area contributed by atoms with Gasteiger partial charge in [-0.2, -0.15) is 0 Å². The minimum atomic E-state index is -0.571. The molecule has 2 aromatic carbocycles. The number of anilines is 1. The average molecular weight is 424 g/mol. The topological polar surface area (TPSA) is 84.9 Å². The molecule has 1 fully saturated rings. The van der Waals surface area contributed by atoms with Crippen LogP contribution in [0, 0.1) is 5.92 Å². The van der Waals surface area contributed by atoms with Crippen molar-refractivity contribution in [2.75, 3.05) is 31.7 Å². The van der Waals surface area contributed by atoms with Gasteiger partial charge in [-0.15, -0.1) is 0 Å². The van der Waals surface area contributed by atoms with Gasteiger partial charge in [0.1, 0.15) is 5.75 Å². The molecule has 2 amide bonds. The first-order chi connectivity index (χ1) is 15.0. The van der Waals surface area contributed by atoms with Crippen molar-refractivity contribution >= 4 is 23.5 Å². The minimum Gasteiger partial charge on any atom is -0.496 e. The molecular formula is C24H28N2O5. The molecule has 0 radical (unpaired) electrons. The van der Waals surface area contributed by atoms with Crippen molar-refractivity contribution in [3.63, 3.8) is 0 Å². The molecule has 0 saturated carbocycles. The van der Waals surface area contributed by atoms with E-state index in [0.29, 0.717) is 13.0 Å². The lowest BCUT2D eigenvalue weighted by Crippen LogP contribution is -2.32. The molecule has 0 spiro atoms. The zero-order valence-electron chi connectivity index (χ0n) is 17.9. The lowest BCUT2D eigenvalue weighted by atomic mass is 10.1. The van der Waals surface area contributed by atoms with E-state index in [-0.39, 0.29) is 31.4 Å². The minimum absolute atomic E-state index is 0.0896. The first kappa shape index (κ1) is 22.3. The number of amides is 2. The summed E-state index contributed by atoms with van der Waals surface area (Å²) in [6, 6.07) is 15.3. The first-order valence-electron chi connectivity index (χ1n) is 10.5. The van der Waals surface area contributed by atoms with Crippen molar-refractivity contribution in [3.8, 4) is 5.75 Å². The van der Waals surface area contributed by atoms with Gasteiger partial charge in [-0.05, 0) is 36.1 Å². The second-order valence-electron chi connectivity index (χ2n) is 7.41. The highest BCUT2D eigenvalue weighted by Gasteiger charge is 2.36. The molecule has 0 unspecified atom stereocenters. The van der Waals surface area contributed by atoms with Crippen LogP contribution in [0.4, 0.5) is 5.69 Å². The maximum Gasteiger partial charge on any atom is 0.311 e. The summed E-state index contributed by atoms with van der Waals surface area (Å²) in [7, 11) is 1.60. The number of nitrogens with zero attached hydrogens (tertiary/aromatic N) is 1. The second-order valence-corrected chi connectivity index (χ2v) is 7.41. The normalized spacial score (nSPS) is 15.6. The molecular weight excluding hydrogens is 396 g/mol. The van der Waals surface area contributed by atoms with Crippen molar-refractivity contribution in [1.29, 1.82) is 0 Å². The Kier molecular flexibility index (Phi) is 7.65. The number of aryl methyl sites for hydroxylation is 1. The van der Waals surface area contributed by atoms with Crippen LogP contribution >= 0.6 is 0 Å². The third-order valence-electron chi connectivity index (χ3n) is 5.38. The monoisotopic (exact) mass is 424 g/mol. The Morgan fingerprint density at radius 1 is 1.10 bits per heavy atom. The van der Waals surface area contributed by atoms with Crippen LogP contribution in [0.15, 0.2) is 48.5 Å². The van der Waals surface area contributed by atoms with Crippen LogP contribution in [0.1, 0.15) is 24.5 Å². The number of carbonyl (C=O) groups is 3. The summed E-state index contributed by atoms with van der Waals surface area (Å²) in [4.78, 5) is 38.5. The van der Waals surface area contributed by atoms with Crippen molar-refractivity contribution in [2.45, 2.75) is 26.2 Å². The molecule has 31 heavy (non-hydrogen) atoms. The van der Waals surface area contributed by atoms with Crippen molar-refractivity contribution in [1.82, 2.24) is 5.32 Å². The SMILES string of the molecule is CCc1ccccc1N1C[C@H](C(=O)OCC(=O)NCCc2ccccc2OC)CC1=O. The number of hydrogen-bond acceptors (Lipinski definition) is 5. The fraction of sp³-hybridized carbons (Fsp3) is 0.375. The number of para-hydroxylation sites is 2. The Balaban J connectivity index is 1.45. The van der Waals surface area contributed by atoms with E-state index in [9.17, 15) is 14.4 Å².